The number of ether oxygens (including phenoxy) is 2. The van der Waals surface area contributed by atoms with E-state index in [1.807, 2.05) is 0 Å². The summed E-state index contributed by atoms with van der Waals surface area (Å²) in [6, 6.07) is 5.30. The van der Waals surface area contributed by atoms with E-state index in [1.54, 1.807) is 0 Å². The van der Waals surface area contributed by atoms with Crippen LogP contribution in [0.2, 0.25) is 0 Å². The van der Waals surface area contributed by atoms with Crippen LogP contribution < -0.4 is 9.47 Å². The van der Waals surface area contributed by atoms with Crippen molar-refractivity contribution in [1.82, 2.24) is 4.98 Å². The summed E-state index contributed by atoms with van der Waals surface area (Å²) in [4.78, 5) is 14.4. The molecule has 0 saturated heterocycles. The Morgan fingerprint density at radius 1 is 1.18 bits per heavy atom. The number of aromatic nitrogens is 1. The van der Waals surface area contributed by atoms with Crippen LogP contribution in [0.3, 0.4) is 0 Å². The van der Waals surface area contributed by atoms with Crippen molar-refractivity contribution in [3.8, 4) is 17.4 Å². The summed E-state index contributed by atoms with van der Waals surface area (Å²) in [7, 11) is 0. The quantitative estimate of drug-likeness (QED) is 0.489. The topological polar surface area (TPSA) is 48.4 Å². The first-order valence-corrected chi connectivity index (χ1v) is 5.95. The van der Waals surface area contributed by atoms with Crippen molar-refractivity contribution in [2.24, 2.45) is 0 Å². The Bertz CT molecular complexity index is 683. The third kappa shape index (κ3) is 3.72. The molecule has 2 rings (SSSR count). The summed E-state index contributed by atoms with van der Waals surface area (Å²) < 4.78 is 60.8. The van der Waals surface area contributed by atoms with Crippen molar-refractivity contribution in [2.75, 3.05) is 0 Å². The molecule has 0 radical (unpaired) electrons. The Labute approximate surface area is 122 Å². The van der Waals surface area contributed by atoms with Gasteiger partial charge in [0.05, 0.1) is 5.56 Å². The number of carbonyl (C=O) groups excluding carboxylic acids is 1. The van der Waals surface area contributed by atoms with Gasteiger partial charge in [0.25, 0.3) is 0 Å². The van der Waals surface area contributed by atoms with E-state index in [9.17, 15) is 22.4 Å². The summed E-state index contributed by atoms with van der Waals surface area (Å²) in [5, 5.41) is 0. The van der Waals surface area contributed by atoms with Crippen molar-refractivity contribution >= 4 is 5.97 Å². The molecule has 1 aromatic carbocycles. The van der Waals surface area contributed by atoms with Crippen molar-refractivity contribution < 1.29 is 31.8 Å². The smallest absolute Gasteiger partial charge is 0.417 e. The minimum absolute atomic E-state index is 0.200. The molecule has 0 atom stereocenters. The molecule has 0 aliphatic heterocycles. The molecule has 0 spiro atoms. The largest absolute Gasteiger partial charge is 0.432 e. The van der Waals surface area contributed by atoms with Crippen LogP contribution in [0.15, 0.2) is 36.5 Å². The molecular weight excluding hydrogens is 306 g/mol. The second kappa shape index (κ2) is 6.00. The lowest BCUT2D eigenvalue weighted by Crippen LogP contribution is -2.06. The Hall–Kier alpha value is -2.64. The van der Waals surface area contributed by atoms with Crippen LogP contribution >= 0.6 is 0 Å². The highest BCUT2D eigenvalue weighted by molar-refractivity contribution is 5.70. The van der Waals surface area contributed by atoms with E-state index >= 15 is 0 Å². The van der Waals surface area contributed by atoms with Gasteiger partial charge >= 0.3 is 12.1 Å². The van der Waals surface area contributed by atoms with Gasteiger partial charge in [0, 0.05) is 19.2 Å². The number of nitrogens with zero attached hydrogens (tertiary/aromatic N) is 1. The number of benzene rings is 1. The lowest BCUT2D eigenvalue weighted by molar-refractivity contribution is -0.138. The Balaban J connectivity index is 2.29. The monoisotopic (exact) mass is 315 g/mol. The Morgan fingerprint density at radius 2 is 1.91 bits per heavy atom. The van der Waals surface area contributed by atoms with E-state index in [2.05, 4.69) is 4.98 Å². The second-order valence-corrected chi connectivity index (χ2v) is 4.15. The van der Waals surface area contributed by atoms with Crippen molar-refractivity contribution in [1.29, 1.82) is 0 Å². The van der Waals surface area contributed by atoms with E-state index in [-0.39, 0.29) is 11.6 Å². The summed E-state index contributed by atoms with van der Waals surface area (Å²) in [5.74, 6) is -2.46. The molecule has 0 amide bonds. The number of para-hydroxylation sites is 1. The molecule has 1 aromatic heterocycles. The number of hydrogen-bond acceptors (Lipinski definition) is 4. The highest BCUT2D eigenvalue weighted by atomic mass is 19.4. The summed E-state index contributed by atoms with van der Waals surface area (Å²) in [6.45, 7) is 1.12. The van der Waals surface area contributed by atoms with Gasteiger partial charge in [0.15, 0.2) is 11.6 Å². The zero-order valence-electron chi connectivity index (χ0n) is 11.1. The first kappa shape index (κ1) is 15.7. The number of alkyl halides is 3. The molecular formula is C14H9F4NO3. The molecule has 22 heavy (non-hydrogen) atoms. The maximum atomic E-state index is 13.7. The summed E-state index contributed by atoms with van der Waals surface area (Å²) in [5.41, 5.74) is -0.964. The van der Waals surface area contributed by atoms with Crippen LogP contribution in [0.1, 0.15) is 12.5 Å². The average Bonchev–Trinajstić information content (AvgIpc) is 2.42. The predicted octanol–water partition coefficient (Wildman–Crippen LogP) is 3.96. The van der Waals surface area contributed by atoms with Gasteiger partial charge in [0.1, 0.15) is 0 Å². The van der Waals surface area contributed by atoms with Gasteiger partial charge in [-0.2, -0.15) is 13.2 Å². The van der Waals surface area contributed by atoms with Crippen LogP contribution in [0.5, 0.6) is 17.4 Å². The fourth-order valence-electron chi connectivity index (χ4n) is 1.54. The maximum Gasteiger partial charge on any atom is 0.417 e. The molecule has 4 nitrogen and oxygen atoms in total. The molecule has 116 valence electrons. The molecule has 2 aromatic rings. The standard InChI is InChI=1S/C14H9F4NO3/c1-8(20)21-11-4-2-3-10(15)13(11)22-12-6-5-9(7-19-12)14(16,17)18/h2-7H,1H3. The zero-order valence-corrected chi connectivity index (χ0v) is 11.1. The van der Waals surface area contributed by atoms with E-state index in [1.165, 1.54) is 12.1 Å². The molecule has 0 saturated carbocycles. The first-order valence-electron chi connectivity index (χ1n) is 5.95. The minimum atomic E-state index is -4.54. The highest BCUT2D eigenvalue weighted by Gasteiger charge is 2.30. The van der Waals surface area contributed by atoms with Crippen LogP contribution in [-0.2, 0) is 11.0 Å². The summed E-state index contributed by atoms with van der Waals surface area (Å²) >= 11 is 0. The third-order valence-electron chi connectivity index (χ3n) is 2.45. The van der Waals surface area contributed by atoms with Crippen LogP contribution in [0, 0.1) is 5.82 Å². The van der Waals surface area contributed by atoms with Crippen LogP contribution in [0.4, 0.5) is 17.6 Å². The van der Waals surface area contributed by atoms with Crippen LogP contribution in [-0.4, -0.2) is 11.0 Å². The molecule has 0 N–H and O–H groups in total. The van der Waals surface area contributed by atoms with Gasteiger partial charge in [-0.25, -0.2) is 9.37 Å². The number of halogens is 4. The minimum Gasteiger partial charge on any atom is -0.432 e. The summed E-state index contributed by atoms with van der Waals surface area (Å²) in [6.07, 6.45) is -3.98. The number of hydrogen-bond donors (Lipinski definition) is 0. The number of rotatable bonds is 3. The van der Waals surface area contributed by atoms with E-state index in [0.717, 1.165) is 25.1 Å². The highest BCUT2D eigenvalue weighted by Crippen LogP contribution is 2.35. The molecule has 0 fully saturated rings. The Morgan fingerprint density at radius 3 is 2.45 bits per heavy atom. The van der Waals surface area contributed by atoms with Crippen molar-refractivity contribution in [2.45, 2.75) is 13.1 Å². The lowest BCUT2D eigenvalue weighted by atomic mass is 10.3. The Kier molecular flexibility index (Phi) is 4.30. The van der Waals surface area contributed by atoms with Crippen molar-refractivity contribution in [3.05, 3.63) is 47.9 Å². The van der Waals surface area contributed by atoms with Gasteiger partial charge in [-0.05, 0) is 18.2 Å². The predicted molar refractivity (Wildman–Crippen MR) is 67.0 cm³/mol. The molecule has 0 bridgehead atoms. The van der Waals surface area contributed by atoms with Gasteiger partial charge in [-0.1, -0.05) is 6.07 Å². The third-order valence-corrected chi connectivity index (χ3v) is 2.45. The number of pyridine rings is 1. The fraction of sp³-hybridized carbons (Fsp3) is 0.143. The van der Waals surface area contributed by atoms with Crippen molar-refractivity contribution in [3.63, 3.8) is 0 Å². The SMILES string of the molecule is CC(=O)Oc1cccc(F)c1Oc1ccc(C(F)(F)F)cn1. The average molecular weight is 315 g/mol. The van der Waals surface area contributed by atoms with Gasteiger partial charge in [0.2, 0.25) is 11.6 Å². The van der Waals surface area contributed by atoms with Gasteiger partial charge in [-0.15, -0.1) is 0 Å². The maximum absolute atomic E-state index is 13.7. The van der Waals surface area contributed by atoms with E-state index < -0.39 is 29.3 Å². The van der Waals surface area contributed by atoms with Crippen LogP contribution in [0.25, 0.3) is 0 Å². The van der Waals surface area contributed by atoms with E-state index in [0.29, 0.717) is 6.20 Å². The second-order valence-electron chi connectivity index (χ2n) is 4.15. The molecule has 0 unspecified atom stereocenters. The lowest BCUT2D eigenvalue weighted by Gasteiger charge is -2.11. The molecule has 0 aliphatic rings. The zero-order chi connectivity index (χ0) is 16.3. The van der Waals surface area contributed by atoms with Gasteiger partial charge in [-0.3, -0.25) is 4.79 Å². The van der Waals surface area contributed by atoms with E-state index in [4.69, 9.17) is 9.47 Å². The first-order chi connectivity index (χ1) is 10.3. The molecule has 8 heteroatoms. The molecule has 1 heterocycles. The van der Waals surface area contributed by atoms with Gasteiger partial charge < -0.3 is 9.47 Å². The fourth-order valence-corrected chi connectivity index (χ4v) is 1.54. The number of esters is 1. The molecule has 0 aliphatic carbocycles. The normalized spacial score (nSPS) is 11.1. The number of carbonyl (C=O) groups is 1.